The third kappa shape index (κ3) is 3.73. The quantitative estimate of drug-likeness (QED) is 0.731. The Hall–Kier alpha value is -2.87. The van der Waals surface area contributed by atoms with Crippen molar-refractivity contribution >= 4 is 39.2 Å². The van der Waals surface area contributed by atoms with E-state index in [-0.39, 0.29) is 23.5 Å². The molecule has 1 aromatic carbocycles. The number of fused-ring (bicyclic) bond motifs is 1. The minimum absolute atomic E-state index is 0.120. The lowest BCUT2D eigenvalue weighted by Crippen LogP contribution is -2.43. The molecule has 1 unspecified atom stereocenters. The summed E-state index contributed by atoms with van der Waals surface area (Å²) in [6.07, 6.45) is 3.11. The second-order valence-corrected chi connectivity index (χ2v) is 7.78. The van der Waals surface area contributed by atoms with E-state index in [1.165, 1.54) is 23.5 Å². The van der Waals surface area contributed by atoms with Gasteiger partial charge in [-0.3, -0.25) is 14.6 Å². The summed E-state index contributed by atoms with van der Waals surface area (Å²) in [6, 6.07) is 5.97. The second kappa shape index (κ2) is 7.63. The minimum Gasteiger partial charge on any atom is -0.338 e. The van der Waals surface area contributed by atoms with E-state index in [4.69, 9.17) is 0 Å². The van der Waals surface area contributed by atoms with Crippen LogP contribution >= 0.6 is 11.3 Å². The first kappa shape index (κ1) is 18.5. The fraction of sp³-hybridized carbons (Fsp3) is 0.300. The smallest absolute Gasteiger partial charge is 0.254 e. The number of carbonyl (C=O) groups is 2. The molecule has 2 amide bonds. The molecule has 1 fully saturated rings. The fourth-order valence-electron chi connectivity index (χ4n) is 3.55. The number of rotatable bonds is 3. The Labute approximate surface area is 165 Å². The summed E-state index contributed by atoms with van der Waals surface area (Å²) in [5.74, 6) is -0.951. The maximum Gasteiger partial charge on any atom is 0.254 e. The molecule has 1 aliphatic heterocycles. The predicted octanol–water partition coefficient (Wildman–Crippen LogP) is 3.63. The van der Waals surface area contributed by atoms with Crippen LogP contribution in [-0.4, -0.2) is 39.8 Å². The molecule has 144 valence electrons. The lowest BCUT2D eigenvalue weighted by atomic mass is 9.96. The summed E-state index contributed by atoms with van der Waals surface area (Å²) in [7, 11) is 0. The molecule has 4 rings (SSSR count). The summed E-state index contributed by atoms with van der Waals surface area (Å²) < 4.78 is 13.6. The molecule has 1 N–H and O–H groups in total. The average molecular weight is 398 g/mol. The van der Waals surface area contributed by atoms with Gasteiger partial charge in [-0.25, -0.2) is 9.37 Å². The Balaban J connectivity index is 1.56. The number of carbonyl (C=O) groups excluding carboxylic acids is 2. The molecule has 1 saturated heterocycles. The van der Waals surface area contributed by atoms with Crippen LogP contribution in [0.2, 0.25) is 0 Å². The van der Waals surface area contributed by atoms with Crippen molar-refractivity contribution in [3.8, 4) is 0 Å². The Morgan fingerprint density at radius 1 is 1.32 bits per heavy atom. The Kier molecular flexibility index (Phi) is 5.04. The zero-order valence-electron chi connectivity index (χ0n) is 15.3. The molecule has 0 radical (unpaired) electrons. The van der Waals surface area contributed by atoms with E-state index >= 15 is 0 Å². The van der Waals surface area contributed by atoms with Crippen LogP contribution in [0.5, 0.6) is 0 Å². The van der Waals surface area contributed by atoms with Gasteiger partial charge >= 0.3 is 0 Å². The first-order valence-corrected chi connectivity index (χ1v) is 9.96. The molecule has 1 aliphatic rings. The maximum atomic E-state index is 13.6. The van der Waals surface area contributed by atoms with Crippen LogP contribution in [-0.2, 0) is 4.79 Å². The second-order valence-electron chi connectivity index (χ2n) is 6.89. The molecule has 0 spiro atoms. The molecular formula is C20H19FN4O2S. The molecule has 0 aliphatic carbocycles. The van der Waals surface area contributed by atoms with Gasteiger partial charge in [0.05, 0.1) is 17.0 Å². The highest BCUT2D eigenvalue weighted by molar-refractivity contribution is 7.13. The molecule has 3 heterocycles. The summed E-state index contributed by atoms with van der Waals surface area (Å²) in [5, 5.41) is 5.79. The van der Waals surface area contributed by atoms with Crippen LogP contribution in [0, 0.1) is 18.7 Å². The van der Waals surface area contributed by atoms with Gasteiger partial charge in [-0.05, 0) is 38.0 Å². The molecular weight excluding hydrogens is 379 g/mol. The monoisotopic (exact) mass is 398 g/mol. The number of likely N-dealkylation sites (tertiary alicyclic amines) is 1. The number of anilines is 1. The highest BCUT2D eigenvalue weighted by Gasteiger charge is 2.30. The highest BCUT2D eigenvalue weighted by atomic mass is 32.1. The summed E-state index contributed by atoms with van der Waals surface area (Å²) in [6.45, 7) is 2.71. The van der Waals surface area contributed by atoms with Crippen molar-refractivity contribution in [3.05, 3.63) is 52.9 Å². The number of piperidine rings is 1. The van der Waals surface area contributed by atoms with Gasteiger partial charge in [-0.15, -0.1) is 11.3 Å². The predicted molar refractivity (Wildman–Crippen MR) is 106 cm³/mol. The molecule has 6 nitrogen and oxygen atoms in total. The van der Waals surface area contributed by atoms with Crippen LogP contribution in [0.3, 0.4) is 0 Å². The van der Waals surface area contributed by atoms with Gasteiger partial charge in [0.25, 0.3) is 5.91 Å². The topological polar surface area (TPSA) is 75.2 Å². The third-order valence-electron chi connectivity index (χ3n) is 4.87. The standard InChI is InChI=1S/C20H19FN4O2S/c1-12-9-16(15-5-4-14(21)10-17(15)23-12)19(27)25-7-2-3-13(11-25)18(26)24-20-22-6-8-28-20/h4-6,8-10,13H,2-3,7,11H2,1H3,(H,22,24,26). The van der Waals surface area contributed by atoms with Gasteiger partial charge in [-0.1, -0.05) is 0 Å². The van der Waals surface area contributed by atoms with Crippen LogP contribution in [0.15, 0.2) is 35.8 Å². The van der Waals surface area contributed by atoms with E-state index < -0.39 is 0 Å². The van der Waals surface area contributed by atoms with Crippen molar-refractivity contribution in [1.82, 2.24) is 14.9 Å². The molecule has 1 atom stereocenters. The van der Waals surface area contributed by atoms with Crippen molar-refractivity contribution in [3.63, 3.8) is 0 Å². The zero-order valence-corrected chi connectivity index (χ0v) is 16.1. The molecule has 8 heteroatoms. The lowest BCUT2D eigenvalue weighted by Gasteiger charge is -2.32. The molecule has 28 heavy (non-hydrogen) atoms. The summed E-state index contributed by atoms with van der Waals surface area (Å²) in [4.78, 5) is 35.8. The number of benzene rings is 1. The SMILES string of the molecule is Cc1cc(C(=O)N2CCCC(C(=O)Nc3nccs3)C2)c2ccc(F)cc2n1. The van der Waals surface area contributed by atoms with Crippen LogP contribution < -0.4 is 5.32 Å². The molecule has 0 bridgehead atoms. The number of amides is 2. The molecule has 2 aromatic heterocycles. The lowest BCUT2D eigenvalue weighted by molar-refractivity contribution is -0.121. The van der Waals surface area contributed by atoms with E-state index in [0.29, 0.717) is 40.4 Å². The number of aromatic nitrogens is 2. The average Bonchev–Trinajstić information content (AvgIpc) is 3.19. The fourth-order valence-corrected chi connectivity index (χ4v) is 4.08. The Morgan fingerprint density at radius 2 is 2.18 bits per heavy atom. The van der Waals surface area contributed by atoms with E-state index in [1.807, 2.05) is 0 Å². The van der Waals surface area contributed by atoms with E-state index in [0.717, 1.165) is 12.8 Å². The van der Waals surface area contributed by atoms with Gasteiger partial charge in [0.1, 0.15) is 5.82 Å². The van der Waals surface area contributed by atoms with E-state index in [2.05, 4.69) is 15.3 Å². The van der Waals surface area contributed by atoms with Gasteiger partial charge in [0, 0.05) is 41.8 Å². The number of nitrogens with one attached hydrogen (secondary N) is 1. The zero-order chi connectivity index (χ0) is 19.7. The largest absolute Gasteiger partial charge is 0.338 e. The van der Waals surface area contributed by atoms with Crippen molar-refractivity contribution < 1.29 is 14.0 Å². The minimum atomic E-state index is -0.388. The van der Waals surface area contributed by atoms with Crippen molar-refractivity contribution in [2.75, 3.05) is 18.4 Å². The Morgan fingerprint density at radius 3 is 2.96 bits per heavy atom. The van der Waals surface area contributed by atoms with E-state index in [9.17, 15) is 14.0 Å². The van der Waals surface area contributed by atoms with Gasteiger partial charge in [0.2, 0.25) is 5.91 Å². The Bertz CT molecular complexity index is 1030. The molecule has 3 aromatic rings. The van der Waals surface area contributed by atoms with Crippen molar-refractivity contribution in [1.29, 1.82) is 0 Å². The van der Waals surface area contributed by atoms with Gasteiger partial charge in [-0.2, -0.15) is 0 Å². The number of nitrogens with zero attached hydrogens (tertiary/aromatic N) is 3. The van der Waals surface area contributed by atoms with Crippen LogP contribution in [0.4, 0.5) is 9.52 Å². The van der Waals surface area contributed by atoms with Crippen LogP contribution in [0.1, 0.15) is 28.9 Å². The molecule has 0 saturated carbocycles. The summed E-state index contributed by atoms with van der Waals surface area (Å²) >= 11 is 1.36. The number of hydrogen-bond acceptors (Lipinski definition) is 5. The van der Waals surface area contributed by atoms with Gasteiger partial charge in [0.15, 0.2) is 5.13 Å². The highest BCUT2D eigenvalue weighted by Crippen LogP contribution is 2.25. The number of pyridine rings is 1. The van der Waals surface area contributed by atoms with Crippen LogP contribution in [0.25, 0.3) is 10.9 Å². The number of halogens is 1. The first-order chi connectivity index (χ1) is 13.5. The number of aryl methyl sites for hydroxylation is 1. The van der Waals surface area contributed by atoms with Crippen molar-refractivity contribution in [2.45, 2.75) is 19.8 Å². The van der Waals surface area contributed by atoms with E-state index in [1.54, 1.807) is 35.5 Å². The normalized spacial score (nSPS) is 16.9. The summed E-state index contributed by atoms with van der Waals surface area (Å²) in [5.41, 5.74) is 1.60. The first-order valence-electron chi connectivity index (χ1n) is 9.08. The number of hydrogen-bond donors (Lipinski definition) is 1. The van der Waals surface area contributed by atoms with Crippen molar-refractivity contribution in [2.24, 2.45) is 5.92 Å². The van der Waals surface area contributed by atoms with Gasteiger partial charge < -0.3 is 10.2 Å². The maximum absolute atomic E-state index is 13.6. The third-order valence-corrected chi connectivity index (χ3v) is 5.56. The number of thiazole rings is 1.